The SMILES string of the molecule is COC(=O)COc1c(/C=C2/SC(=O)N(CC(=O)c3ccccc3)C2=O)cccc1OC. The van der Waals surface area contributed by atoms with Crippen LogP contribution in [0.5, 0.6) is 11.5 Å². The van der Waals surface area contributed by atoms with E-state index in [9.17, 15) is 19.2 Å². The average molecular weight is 441 g/mol. The van der Waals surface area contributed by atoms with E-state index >= 15 is 0 Å². The molecule has 9 heteroatoms. The molecule has 0 unspecified atom stereocenters. The molecule has 0 aliphatic carbocycles. The van der Waals surface area contributed by atoms with Crippen molar-refractivity contribution < 1.29 is 33.4 Å². The van der Waals surface area contributed by atoms with Crippen molar-refractivity contribution in [2.24, 2.45) is 0 Å². The van der Waals surface area contributed by atoms with Gasteiger partial charge in [-0.2, -0.15) is 0 Å². The van der Waals surface area contributed by atoms with Crippen molar-refractivity contribution in [2.75, 3.05) is 27.4 Å². The first-order valence-corrected chi connectivity index (χ1v) is 9.96. The topological polar surface area (TPSA) is 99.2 Å². The molecule has 2 amide bonds. The van der Waals surface area contributed by atoms with Gasteiger partial charge in [0.15, 0.2) is 23.9 Å². The van der Waals surface area contributed by atoms with E-state index in [2.05, 4.69) is 4.74 Å². The van der Waals surface area contributed by atoms with E-state index in [1.54, 1.807) is 48.5 Å². The van der Waals surface area contributed by atoms with Gasteiger partial charge in [0.25, 0.3) is 11.1 Å². The van der Waals surface area contributed by atoms with Gasteiger partial charge in [-0.25, -0.2) is 4.79 Å². The van der Waals surface area contributed by atoms with Crippen LogP contribution in [0.4, 0.5) is 4.79 Å². The van der Waals surface area contributed by atoms with E-state index in [1.165, 1.54) is 20.3 Å². The predicted molar refractivity (Wildman–Crippen MR) is 114 cm³/mol. The van der Waals surface area contributed by atoms with Crippen LogP contribution in [-0.2, 0) is 14.3 Å². The molecule has 2 aromatic carbocycles. The number of methoxy groups -OCH3 is 2. The molecule has 2 aromatic rings. The first-order valence-electron chi connectivity index (χ1n) is 9.14. The Kier molecular flexibility index (Phi) is 7.09. The largest absolute Gasteiger partial charge is 0.493 e. The second-order valence-corrected chi connectivity index (χ2v) is 7.29. The molecule has 3 rings (SSSR count). The van der Waals surface area contributed by atoms with Gasteiger partial charge >= 0.3 is 5.97 Å². The van der Waals surface area contributed by atoms with Gasteiger partial charge in [0.1, 0.15) is 0 Å². The Bertz CT molecular complexity index is 1050. The zero-order valence-corrected chi connectivity index (χ0v) is 17.6. The van der Waals surface area contributed by atoms with Crippen molar-refractivity contribution in [1.29, 1.82) is 0 Å². The van der Waals surface area contributed by atoms with Crippen LogP contribution in [0.1, 0.15) is 15.9 Å². The molecule has 31 heavy (non-hydrogen) atoms. The number of amides is 2. The van der Waals surface area contributed by atoms with Crippen LogP contribution in [0.25, 0.3) is 6.08 Å². The molecule has 1 fully saturated rings. The highest BCUT2D eigenvalue weighted by Crippen LogP contribution is 2.37. The van der Waals surface area contributed by atoms with Gasteiger partial charge in [-0.15, -0.1) is 0 Å². The second kappa shape index (κ2) is 9.94. The van der Waals surface area contributed by atoms with Crippen molar-refractivity contribution in [3.63, 3.8) is 0 Å². The fourth-order valence-corrected chi connectivity index (χ4v) is 3.62. The summed E-state index contributed by atoms with van der Waals surface area (Å²) in [7, 11) is 2.68. The summed E-state index contributed by atoms with van der Waals surface area (Å²) < 4.78 is 15.4. The molecule has 0 saturated carbocycles. The normalized spacial score (nSPS) is 14.6. The number of ketones is 1. The monoisotopic (exact) mass is 441 g/mol. The van der Waals surface area contributed by atoms with E-state index in [0.29, 0.717) is 16.9 Å². The zero-order valence-electron chi connectivity index (χ0n) is 16.8. The summed E-state index contributed by atoms with van der Waals surface area (Å²) in [5, 5.41) is -0.541. The van der Waals surface area contributed by atoms with Gasteiger partial charge in [-0.1, -0.05) is 42.5 Å². The average Bonchev–Trinajstić information content (AvgIpc) is 3.05. The fraction of sp³-hybridized carbons (Fsp3) is 0.182. The first kappa shape index (κ1) is 22.1. The van der Waals surface area contributed by atoms with Crippen molar-refractivity contribution >= 4 is 40.7 Å². The third-order valence-corrected chi connectivity index (χ3v) is 5.26. The third kappa shape index (κ3) is 5.13. The number of thioether (sulfide) groups is 1. The van der Waals surface area contributed by atoms with Crippen LogP contribution >= 0.6 is 11.8 Å². The van der Waals surface area contributed by atoms with Gasteiger partial charge in [0.05, 0.1) is 25.7 Å². The molecule has 1 aliphatic heterocycles. The first-order chi connectivity index (χ1) is 14.9. The molecule has 0 spiro atoms. The van der Waals surface area contributed by atoms with Crippen molar-refractivity contribution in [3.05, 3.63) is 64.6 Å². The number of carbonyl (C=O) groups is 4. The molecule has 0 radical (unpaired) electrons. The molecule has 1 heterocycles. The summed E-state index contributed by atoms with van der Waals surface area (Å²) in [6, 6.07) is 13.4. The van der Waals surface area contributed by atoms with Crippen molar-refractivity contribution in [3.8, 4) is 11.5 Å². The van der Waals surface area contributed by atoms with Crippen LogP contribution < -0.4 is 9.47 Å². The lowest BCUT2D eigenvalue weighted by Gasteiger charge is -2.13. The maximum atomic E-state index is 12.8. The Morgan fingerprint density at radius 2 is 1.77 bits per heavy atom. The lowest BCUT2D eigenvalue weighted by molar-refractivity contribution is -0.143. The van der Waals surface area contributed by atoms with Crippen LogP contribution in [-0.4, -0.2) is 55.2 Å². The maximum Gasteiger partial charge on any atom is 0.343 e. The number of carbonyl (C=O) groups excluding carboxylic acids is 4. The molecule has 160 valence electrons. The lowest BCUT2D eigenvalue weighted by atomic mass is 10.1. The van der Waals surface area contributed by atoms with Crippen LogP contribution in [0.2, 0.25) is 0 Å². The summed E-state index contributed by atoms with van der Waals surface area (Å²) in [5.41, 5.74) is 0.847. The van der Waals surface area contributed by atoms with Gasteiger partial charge in [0, 0.05) is 11.1 Å². The number of hydrogen-bond donors (Lipinski definition) is 0. The van der Waals surface area contributed by atoms with Gasteiger partial charge in [-0.3, -0.25) is 19.3 Å². The number of para-hydroxylation sites is 1. The standard InChI is InChI=1S/C22H19NO7S/c1-28-17-10-6-9-15(20(17)30-13-19(25)29-2)11-18-21(26)23(22(27)31-18)12-16(24)14-7-4-3-5-8-14/h3-11H,12-13H2,1-2H3/b18-11+. The molecule has 0 N–H and O–H groups in total. The van der Waals surface area contributed by atoms with Gasteiger partial charge in [-0.05, 0) is 23.9 Å². The molecule has 8 nitrogen and oxygen atoms in total. The van der Waals surface area contributed by atoms with Crippen LogP contribution in [0, 0.1) is 0 Å². The number of esters is 1. The number of imide groups is 1. The quantitative estimate of drug-likeness (QED) is 0.350. The van der Waals surface area contributed by atoms with Crippen molar-refractivity contribution in [2.45, 2.75) is 0 Å². The third-order valence-electron chi connectivity index (χ3n) is 4.35. The number of hydrogen-bond acceptors (Lipinski definition) is 8. The Hall–Kier alpha value is -3.59. The molecular formula is C22H19NO7S. The Labute approximate surface area is 182 Å². The Balaban J connectivity index is 1.84. The molecule has 0 aromatic heterocycles. The van der Waals surface area contributed by atoms with Crippen LogP contribution in [0.15, 0.2) is 53.4 Å². The minimum absolute atomic E-state index is 0.127. The van der Waals surface area contributed by atoms with Crippen LogP contribution in [0.3, 0.4) is 0 Å². The Morgan fingerprint density at radius 3 is 2.45 bits per heavy atom. The smallest absolute Gasteiger partial charge is 0.343 e. The molecule has 0 atom stereocenters. The van der Waals surface area contributed by atoms with E-state index in [1.807, 2.05) is 0 Å². The minimum Gasteiger partial charge on any atom is -0.493 e. The van der Waals surface area contributed by atoms with E-state index < -0.39 is 17.1 Å². The van der Waals surface area contributed by atoms with Crippen molar-refractivity contribution in [1.82, 2.24) is 4.90 Å². The summed E-state index contributed by atoms with van der Waals surface area (Å²) >= 11 is 0.723. The summed E-state index contributed by atoms with van der Waals surface area (Å²) in [4.78, 5) is 50.1. The number of ether oxygens (including phenoxy) is 3. The maximum absolute atomic E-state index is 12.8. The summed E-state index contributed by atoms with van der Waals surface area (Å²) in [6.45, 7) is -0.708. The highest BCUT2D eigenvalue weighted by Gasteiger charge is 2.36. The highest BCUT2D eigenvalue weighted by atomic mass is 32.2. The van der Waals surface area contributed by atoms with Gasteiger partial charge < -0.3 is 14.2 Å². The second-order valence-electron chi connectivity index (χ2n) is 6.30. The number of rotatable bonds is 8. The zero-order chi connectivity index (χ0) is 22.4. The van der Waals surface area contributed by atoms with E-state index in [0.717, 1.165) is 16.7 Å². The van der Waals surface area contributed by atoms with E-state index in [-0.39, 0.29) is 29.6 Å². The predicted octanol–water partition coefficient (Wildman–Crippen LogP) is 3.17. The molecule has 1 saturated heterocycles. The molecular weight excluding hydrogens is 422 g/mol. The van der Waals surface area contributed by atoms with E-state index in [4.69, 9.17) is 9.47 Å². The number of Topliss-reactive ketones (excluding diaryl/α,β-unsaturated/α-hetero) is 1. The summed E-state index contributed by atoms with van der Waals surface area (Å²) in [5.74, 6) is -0.941. The van der Waals surface area contributed by atoms with Gasteiger partial charge in [0.2, 0.25) is 0 Å². The highest BCUT2D eigenvalue weighted by molar-refractivity contribution is 8.18. The summed E-state index contributed by atoms with van der Waals surface area (Å²) in [6.07, 6.45) is 1.47. The fourth-order valence-electron chi connectivity index (χ4n) is 2.79. The number of nitrogens with zero attached hydrogens (tertiary/aromatic N) is 1. The molecule has 1 aliphatic rings. The minimum atomic E-state index is -0.586. The number of benzene rings is 2. The molecule has 0 bridgehead atoms. The lowest BCUT2D eigenvalue weighted by Crippen LogP contribution is -2.33. The Morgan fingerprint density at radius 1 is 1.03 bits per heavy atom.